The van der Waals surface area contributed by atoms with E-state index in [0.717, 1.165) is 18.9 Å². The standard InChI is InChI=1S/C11H11F2NO2/c12-8-4-9(13)7(10(15)16)3-6(8)5-11(14)1-2-11/h3-4H,1-2,5,14H2,(H,15,16). The SMILES string of the molecule is NC1(Cc2cc(C(=O)O)c(F)cc2F)CC1. The number of hydrogen-bond donors (Lipinski definition) is 2. The highest BCUT2D eigenvalue weighted by Crippen LogP contribution is 2.36. The average Bonchev–Trinajstić information content (AvgIpc) is 2.88. The molecule has 5 heteroatoms. The number of hydrogen-bond acceptors (Lipinski definition) is 2. The van der Waals surface area contributed by atoms with Crippen LogP contribution in [0.25, 0.3) is 0 Å². The zero-order valence-electron chi connectivity index (χ0n) is 8.46. The van der Waals surface area contributed by atoms with Gasteiger partial charge in [-0.15, -0.1) is 0 Å². The summed E-state index contributed by atoms with van der Waals surface area (Å²) in [7, 11) is 0. The Hall–Kier alpha value is -1.49. The Kier molecular flexibility index (Phi) is 2.42. The predicted octanol–water partition coefficient (Wildman–Crippen LogP) is 1.70. The molecule has 3 N–H and O–H groups in total. The molecule has 0 heterocycles. The molecule has 0 bridgehead atoms. The van der Waals surface area contributed by atoms with Crippen LogP contribution in [0, 0.1) is 11.6 Å². The Morgan fingerprint density at radius 3 is 2.50 bits per heavy atom. The van der Waals surface area contributed by atoms with E-state index in [4.69, 9.17) is 10.8 Å². The van der Waals surface area contributed by atoms with Gasteiger partial charge in [-0.1, -0.05) is 0 Å². The molecule has 1 aliphatic carbocycles. The smallest absolute Gasteiger partial charge is 0.338 e. The maximum Gasteiger partial charge on any atom is 0.338 e. The van der Waals surface area contributed by atoms with Crippen LogP contribution < -0.4 is 5.73 Å². The molecule has 1 aliphatic rings. The molecule has 0 amide bonds. The minimum Gasteiger partial charge on any atom is -0.478 e. The van der Waals surface area contributed by atoms with E-state index < -0.39 is 28.7 Å². The van der Waals surface area contributed by atoms with Crippen LogP contribution >= 0.6 is 0 Å². The number of halogens is 2. The number of rotatable bonds is 3. The van der Waals surface area contributed by atoms with Crippen molar-refractivity contribution in [2.45, 2.75) is 24.8 Å². The lowest BCUT2D eigenvalue weighted by molar-refractivity contribution is 0.0691. The summed E-state index contributed by atoms with van der Waals surface area (Å²) in [6.07, 6.45) is 1.82. The molecular weight excluding hydrogens is 216 g/mol. The van der Waals surface area contributed by atoms with Gasteiger partial charge in [0, 0.05) is 11.6 Å². The molecule has 3 nitrogen and oxygen atoms in total. The normalized spacial score (nSPS) is 17.2. The van der Waals surface area contributed by atoms with Gasteiger partial charge in [-0.3, -0.25) is 0 Å². The van der Waals surface area contributed by atoms with Crippen LogP contribution in [0.4, 0.5) is 8.78 Å². The summed E-state index contributed by atoms with van der Waals surface area (Å²) in [5.41, 5.74) is 5.02. The number of aromatic carboxylic acids is 1. The summed E-state index contributed by atoms with van der Waals surface area (Å²) in [6, 6.07) is 1.63. The molecule has 0 aliphatic heterocycles. The molecule has 0 radical (unpaired) electrons. The second-order valence-corrected chi connectivity index (χ2v) is 4.27. The third-order valence-electron chi connectivity index (χ3n) is 2.80. The fourth-order valence-corrected chi connectivity index (χ4v) is 1.61. The predicted molar refractivity (Wildman–Crippen MR) is 53.2 cm³/mol. The van der Waals surface area contributed by atoms with Crippen molar-refractivity contribution in [2.24, 2.45) is 5.73 Å². The molecular formula is C11H11F2NO2. The van der Waals surface area contributed by atoms with Crippen LogP contribution in [0.3, 0.4) is 0 Å². The third-order valence-corrected chi connectivity index (χ3v) is 2.80. The monoisotopic (exact) mass is 227 g/mol. The van der Waals surface area contributed by atoms with E-state index in [-0.39, 0.29) is 12.0 Å². The summed E-state index contributed by atoms with van der Waals surface area (Å²) >= 11 is 0. The molecule has 0 spiro atoms. The molecule has 1 aromatic rings. The topological polar surface area (TPSA) is 63.3 Å². The van der Waals surface area contributed by atoms with Crippen molar-refractivity contribution < 1.29 is 18.7 Å². The highest BCUT2D eigenvalue weighted by Gasteiger charge is 2.39. The number of carboxylic acids is 1. The van der Waals surface area contributed by atoms with Gasteiger partial charge < -0.3 is 10.8 Å². The van der Waals surface area contributed by atoms with Crippen LogP contribution in [0.1, 0.15) is 28.8 Å². The number of benzene rings is 1. The van der Waals surface area contributed by atoms with E-state index in [0.29, 0.717) is 6.07 Å². The van der Waals surface area contributed by atoms with Gasteiger partial charge in [0.25, 0.3) is 0 Å². The fourth-order valence-electron chi connectivity index (χ4n) is 1.61. The summed E-state index contributed by atoms with van der Waals surface area (Å²) in [4.78, 5) is 10.7. The lowest BCUT2D eigenvalue weighted by Gasteiger charge is -2.10. The van der Waals surface area contributed by atoms with E-state index in [1.165, 1.54) is 0 Å². The lowest BCUT2D eigenvalue weighted by Crippen LogP contribution is -2.25. The quantitative estimate of drug-likeness (QED) is 0.826. The van der Waals surface area contributed by atoms with Crippen LogP contribution in [-0.4, -0.2) is 16.6 Å². The number of carbonyl (C=O) groups is 1. The lowest BCUT2D eigenvalue weighted by atomic mass is 10.0. The Labute approximate surface area is 90.9 Å². The molecule has 1 aromatic carbocycles. The minimum absolute atomic E-state index is 0.166. The Morgan fingerprint density at radius 1 is 1.38 bits per heavy atom. The average molecular weight is 227 g/mol. The van der Waals surface area contributed by atoms with Crippen molar-refractivity contribution in [3.8, 4) is 0 Å². The first-order chi connectivity index (χ1) is 7.41. The van der Waals surface area contributed by atoms with E-state index in [1.54, 1.807) is 0 Å². The van der Waals surface area contributed by atoms with E-state index >= 15 is 0 Å². The molecule has 86 valence electrons. The van der Waals surface area contributed by atoms with Gasteiger partial charge in [0.2, 0.25) is 0 Å². The second-order valence-electron chi connectivity index (χ2n) is 4.27. The Bertz CT molecular complexity index is 456. The molecule has 2 rings (SSSR count). The van der Waals surface area contributed by atoms with E-state index in [1.807, 2.05) is 0 Å². The van der Waals surface area contributed by atoms with Crippen LogP contribution in [0.2, 0.25) is 0 Å². The summed E-state index contributed by atoms with van der Waals surface area (Å²) < 4.78 is 26.4. The minimum atomic E-state index is -1.40. The van der Waals surface area contributed by atoms with Crippen LogP contribution in [-0.2, 0) is 6.42 Å². The molecule has 0 saturated heterocycles. The fraction of sp³-hybridized carbons (Fsp3) is 0.364. The second kappa shape index (κ2) is 3.52. The first-order valence-corrected chi connectivity index (χ1v) is 4.91. The van der Waals surface area contributed by atoms with Gasteiger partial charge in [0.15, 0.2) is 0 Å². The summed E-state index contributed by atoms with van der Waals surface area (Å²) in [5, 5.41) is 8.70. The van der Waals surface area contributed by atoms with Crippen molar-refractivity contribution in [3.63, 3.8) is 0 Å². The highest BCUT2D eigenvalue weighted by atomic mass is 19.1. The van der Waals surface area contributed by atoms with Crippen molar-refractivity contribution in [1.29, 1.82) is 0 Å². The molecule has 1 saturated carbocycles. The van der Waals surface area contributed by atoms with Gasteiger partial charge in [-0.2, -0.15) is 0 Å². The first-order valence-electron chi connectivity index (χ1n) is 4.91. The summed E-state index contributed by atoms with van der Waals surface area (Å²) in [5.74, 6) is -3.20. The Morgan fingerprint density at radius 2 is 2.00 bits per heavy atom. The number of carboxylic acid groups (broad SMARTS) is 1. The molecule has 16 heavy (non-hydrogen) atoms. The molecule has 1 fully saturated rings. The highest BCUT2D eigenvalue weighted by molar-refractivity contribution is 5.88. The third kappa shape index (κ3) is 2.04. The van der Waals surface area contributed by atoms with Gasteiger partial charge >= 0.3 is 5.97 Å². The van der Waals surface area contributed by atoms with Gasteiger partial charge in [0.05, 0.1) is 5.56 Å². The van der Waals surface area contributed by atoms with E-state index in [2.05, 4.69) is 0 Å². The number of nitrogens with two attached hydrogens (primary N) is 1. The maximum atomic E-state index is 13.4. The maximum absolute atomic E-state index is 13.4. The van der Waals surface area contributed by atoms with Gasteiger partial charge in [0.1, 0.15) is 11.6 Å². The zero-order valence-corrected chi connectivity index (χ0v) is 8.46. The van der Waals surface area contributed by atoms with E-state index in [9.17, 15) is 13.6 Å². The van der Waals surface area contributed by atoms with Crippen LogP contribution in [0.15, 0.2) is 12.1 Å². The van der Waals surface area contributed by atoms with Crippen molar-refractivity contribution in [1.82, 2.24) is 0 Å². The van der Waals surface area contributed by atoms with Crippen molar-refractivity contribution in [2.75, 3.05) is 0 Å². The Balaban J connectivity index is 2.37. The van der Waals surface area contributed by atoms with Crippen LogP contribution in [0.5, 0.6) is 0 Å². The molecule has 0 atom stereocenters. The van der Waals surface area contributed by atoms with Gasteiger partial charge in [-0.05, 0) is 30.9 Å². The van der Waals surface area contributed by atoms with Gasteiger partial charge in [-0.25, -0.2) is 13.6 Å². The molecule has 0 unspecified atom stereocenters. The van der Waals surface area contributed by atoms with Crippen molar-refractivity contribution >= 4 is 5.97 Å². The molecule has 0 aromatic heterocycles. The zero-order chi connectivity index (χ0) is 11.9. The first kappa shape index (κ1) is 11.0. The largest absolute Gasteiger partial charge is 0.478 e. The van der Waals surface area contributed by atoms with Crippen molar-refractivity contribution in [3.05, 3.63) is 34.9 Å². The summed E-state index contributed by atoms with van der Waals surface area (Å²) in [6.45, 7) is 0.